The van der Waals surface area contributed by atoms with Crippen LogP contribution in [-0.2, 0) is 6.42 Å². The van der Waals surface area contributed by atoms with Gasteiger partial charge in [0.15, 0.2) is 0 Å². The molecule has 1 fully saturated rings. The molecule has 0 aromatic heterocycles. The van der Waals surface area contributed by atoms with Crippen molar-refractivity contribution in [3.8, 4) is 5.75 Å². The van der Waals surface area contributed by atoms with Gasteiger partial charge in [0.25, 0.3) is 0 Å². The van der Waals surface area contributed by atoms with E-state index in [0.717, 1.165) is 18.1 Å². The lowest BCUT2D eigenvalue weighted by Crippen LogP contribution is -2.38. The first-order valence-electron chi connectivity index (χ1n) is 8.16. The molecule has 1 aromatic carbocycles. The second-order valence-electron chi connectivity index (χ2n) is 6.57. The van der Waals surface area contributed by atoms with Gasteiger partial charge in [-0.25, -0.2) is 0 Å². The fraction of sp³-hybridized carbons (Fsp3) is 0.667. The maximum atomic E-state index is 10.8. The van der Waals surface area contributed by atoms with E-state index in [0.29, 0.717) is 12.5 Å². The summed E-state index contributed by atoms with van der Waals surface area (Å²) in [6.45, 7) is 2.95. The molecule has 0 radical (unpaired) electrons. The van der Waals surface area contributed by atoms with E-state index in [2.05, 4.69) is 19.1 Å². The molecular weight excluding hydrogens is 248 g/mol. The van der Waals surface area contributed by atoms with E-state index in [1.165, 1.54) is 37.7 Å². The van der Waals surface area contributed by atoms with Crippen LogP contribution in [0.25, 0.3) is 0 Å². The average molecular weight is 274 g/mol. The second kappa shape index (κ2) is 6.17. The highest BCUT2D eigenvalue weighted by Gasteiger charge is 2.34. The lowest BCUT2D eigenvalue weighted by atomic mass is 9.73. The van der Waals surface area contributed by atoms with Gasteiger partial charge < -0.3 is 9.84 Å². The standard InChI is InChI=1S/C18H26O2/c1-2-13-6-5-8-15(10-13)18(19)16-11-14-7-3-4-9-17(14)20-12-16/h3-4,7,9,13,15-16,18-19H,2,5-6,8,10-12H2,1H3. The molecule has 2 heteroatoms. The molecule has 110 valence electrons. The lowest BCUT2D eigenvalue weighted by molar-refractivity contribution is -0.000704. The molecule has 1 N–H and O–H groups in total. The summed E-state index contributed by atoms with van der Waals surface area (Å²) in [5.74, 6) is 2.57. The van der Waals surface area contributed by atoms with E-state index in [1.807, 2.05) is 12.1 Å². The van der Waals surface area contributed by atoms with Gasteiger partial charge in [0, 0.05) is 5.92 Å². The van der Waals surface area contributed by atoms with Gasteiger partial charge in [0.1, 0.15) is 5.75 Å². The van der Waals surface area contributed by atoms with Gasteiger partial charge in [-0.3, -0.25) is 0 Å². The van der Waals surface area contributed by atoms with Crippen LogP contribution in [0.15, 0.2) is 24.3 Å². The smallest absolute Gasteiger partial charge is 0.122 e. The molecule has 1 saturated carbocycles. The zero-order valence-corrected chi connectivity index (χ0v) is 12.4. The van der Waals surface area contributed by atoms with Gasteiger partial charge in [-0.15, -0.1) is 0 Å². The minimum absolute atomic E-state index is 0.197. The van der Waals surface area contributed by atoms with Crippen LogP contribution in [0.3, 0.4) is 0 Å². The van der Waals surface area contributed by atoms with Gasteiger partial charge in [-0.1, -0.05) is 44.4 Å². The fourth-order valence-corrected chi connectivity index (χ4v) is 3.97. The molecule has 4 atom stereocenters. The van der Waals surface area contributed by atoms with Gasteiger partial charge in [-0.05, 0) is 42.7 Å². The Morgan fingerprint density at radius 3 is 2.95 bits per heavy atom. The van der Waals surface area contributed by atoms with Crippen LogP contribution < -0.4 is 4.74 Å². The molecule has 2 aliphatic rings. The number of hydrogen-bond donors (Lipinski definition) is 1. The van der Waals surface area contributed by atoms with Crippen molar-refractivity contribution >= 4 is 0 Å². The second-order valence-corrected chi connectivity index (χ2v) is 6.57. The topological polar surface area (TPSA) is 29.5 Å². The summed E-state index contributed by atoms with van der Waals surface area (Å²) in [5.41, 5.74) is 1.26. The van der Waals surface area contributed by atoms with E-state index in [1.54, 1.807) is 0 Å². The molecule has 0 bridgehead atoms. The molecule has 0 spiro atoms. The summed E-state index contributed by atoms with van der Waals surface area (Å²) in [4.78, 5) is 0. The number of aliphatic hydroxyl groups is 1. The first-order chi connectivity index (χ1) is 9.78. The third-order valence-corrected chi connectivity index (χ3v) is 5.27. The third-order valence-electron chi connectivity index (χ3n) is 5.27. The number of ether oxygens (including phenoxy) is 1. The summed E-state index contributed by atoms with van der Waals surface area (Å²) in [7, 11) is 0. The maximum Gasteiger partial charge on any atom is 0.122 e. The van der Waals surface area contributed by atoms with Crippen LogP contribution in [0.1, 0.15) is 44.6 Å². The van der Waals surface area contributed by atoms with Crippen LogP contribution in [0.4, 0.5) is 0 Å². The van der Waals surface area contributed by atoms with Crippen molar-refractivity contribution in [2.24, 2.45) is 17.8 Å². The monoisotopic (exact) mass is 274 g/mol. The van der Waals surface area contributed by atoms with E-state index >= 15 is 0 Å². The van der Waals surface area contributed by atoms with E-state index in [9.17, 15) is 5.11 Å². The normalized spacial score (nSPS) is 31.2. The first kappa shape index (κ1) is 13.9. The number of hydrogen-bond acceptors (Lipinski definition) is 2. The van der Waals surface area contributed by atoms with Gasteiger partial charge in [0.2, 0.25) is 0 Å². The quantitative estimate of drug-likeness (QED) is 0.908. The van der Waals surface area contributed by atoms with Gasteiger partial charge in [0.05, 0.1) is 12.7 Å². The number of benzene rings is 1. The molecule has 4 unspecified atom stereocenters. The highest BCUT2D eigenvalue weighted by molar-refractivity contribution is 5.35. The van der Waals surface area contributed by atoms with E-state index in [-0.39, 0.29) is 12.0 Å². The molecule has 0 saturated heterocycles. The summed E-state index contributed by atoms with van der Waals surface area (Å²) in [6, 6.07) is 8.24. The summed E-state index contributed by atoms with van der Waals surface area (Å²) >= 11 is 0. The summed E-state index contributed by atoms with van der Waals surface area (Å²) in [5, 5.41) is 10.8. The zero-order valence-electron chi connectivity index (χ0n) is 12.4. The van der Waals surface area contributed by atoms with Crippen LogP contribution in [0.5, 0.6) is 5.75 Å². The maximum absolute atomic E-state index is 10.8. The molecule has 20 heavy (non-hydrogen) atoms. The van der Waals surface area contributed by atoms with Crippen molar-refractivity contribution in [3.05, 3.63) is 29.8 Å². The van der Waals surface area contributed by atoms with Gasteiger partial charge in [-0.2, -0.15) is 0 Å². The van der Waals surface area contributed by atoms with E-state index in [4.69, 9.17) is 4.74 Å². The molecular formula is C18H26O2. The Balaban J connectivity index is 1.65. The van der Waals surface area contributed by atoms with Crippen LogP contribution >= 0.6 is 0 Å². The highest BCUT2D eigenvalue weighted by Crippen LogP contribution is 2.37. The molecule has 1 aliphatic carbocycles. The average Bonchev–Trinajstić information content (AvgIpc) is 2.53. The highest BCUT2D eigenvalue weighted by atomic mass is 16.5. The Morgan fingerprint density at radius 1 is 1.25 bits per heavy atom. The van der Waals surface area contributed by atoms with Crippen LogP contribution in [0, 0.1) is 17.8 Å². The number of aliphatic hydroxyl groups excluding tert-OH is 1. The minimum atomic E-state index is -0.197. The van der Waals surface area contributed by atoms with Crippen molar-refractivity contribution in [3.63, 3.8) is 0 Å². The zero-order chi connectivity index (χ0) is 13.9. The lowest BCUT2D eigenvalue weighted by Gasteiger charge is -2.37. The van der Waals surface area contributed by atoms with Crippen molar-refractivity contribution in [2.45, 2.75) is 51.6 Å². The van der Waals surface area contributed by atoms with Gasteiger partial charge >= 0.3 is 0 Å². The molecule has 0 amide bonds. The Labute approximate surface area is 122 Å². The Morgan fingerprint density at radius 2 is 2.10 bits per heavy atom. The summed E-state index contributed by atoms with van der Waals surface area (Å²) in [6.07, 6.45) is 7.05. The predicted molar refractivity (Wildman–Crippen MR) is 80.9 cm³/mol. The molecule has 3 rings (SSSR count). The molecule has 1 heterocycles. The minimum Gasteiger partial charge on any atom is -0.493 e. The Hall–Kier alpha value is -1.02. The van der Waals surface area contributed by atoms with Crippen LogP contribution in [0.2, 0.25) is 0 Å². The SMILES string of the molecule is CCC1CCCC(C(O)C2COc3ccccc3C2)C1. The summed E-state index contributed by atoms with van der Waals surface area (Å²) < 4.78 is 5.84. The largest absolute Gasteiger partial charge is 0.493 e. The van der Waals surface area contributed by atoms with Crippen molar-refractivity contribution < 1.29 is 9.84 Å². The molecule has 1 aliphatic heterocycles. The molecule has 2 nitrogen and oxygen atoms in total. The van der Waals surface area contributed by atoms with E-state index < -0.39 is 0 Å². The Bertz CT molecular complexity index is 443. The number of para-hydroxylation sites is 1. The predicted octanol–water partition coefficient (Wildman–Crippen LogP) is 3.82. The fourth-order valence-electron chi connectivity index (χ4n) is 3.97. The van der Waals surface area contributed by atoms with Crippen molar-refractivity contribution in [2.75, 3.05) is 6.61 Å². The third kappa shape index (κ3) is 2.85. The van der Waals surface area contributed by atoms with Crippen molar-refractivity contribution in [1.82, 2.24) is 0 Å². The van der Waals surface area contributed by atoms with Crippen molar-refractivity contribution in [1.29, 1.82) is 0 Å². The van der Waals surface area contributed by atoms with Crippen LogP contribution in [-0.4, -0.2) is 17.8 Å². The number of fused-ring (bicyclic) bond motifs is 1. The first-order valence-corrected chi connectivity index (χ1v) is 8.16. The number of rotatable bonds is 3. The molecule has 1 aromatic rings. The Kier molecular flexibility index (Phi) is 4.30.